The number of ether oxygens (including phenoxy) is 1. The molecule has 1 aromatic rings. The summed E-state index contributed by atoms with van der Waals surface area (Å²) in [6.07, 6.45) is 6.26. The second-order valence-corrected chi connectivity index (χ2v) is 7.86. The highest BCUT2D eigenvalue weighted by molar-refractivity contribution is 5.93. The van der Waals surface area contributed by atoms with Gasteiger partial charge in [-0.2, -0.15) is 0 Å². The van der Waals surface area contributed by atoms with Crippen molar-refractivity contribution in [3.05, 3.63) is 30.1 Å². The Labute approximate surface area is 147 Å². The Morgan fingerprint density at radius 2 is 2.24 bits per heavy atom. The molecule has 6 nitrogen and oxygen atoms in total. The first-order chi connectivity index (χ1) is 12.1. The minimum absolute atomic E-state index is 0.0904. The number of hydrogen-bond acceptors (Lipinski definition) is 4. The van der Waals surface area contributed by atoms with Gasteiger partial charge in [0, 0.05) is 24.9 Å². The molecule has 3 heterocycles. The number of hydrogen-bond donors (Lipinski definition) is 1. The predicted octanol–water partition coefficient (Wildman–Crippen LogP) is 1.47. The minimum Gasteiger partial charge on any atom is -0.371 e. The SMILES string of the molecule is C[C@@H]1C[C@@H]1C(=O)N1CC2(CC[C@H](CNC(=O)c3cccnc3)CO2)C1. The van der Waals surface area contributed by atoms with Gasteiger partial charge in [-0.15, -0.1) is 0 Å². The van der Waals surface area contributed by atoms with Crippen molar-refractivity contribution in [2.45, 2.75) is 31.8 Å². The first-order valence-electron chi connectivity index (χ1n) is 9.17. The summed E-state index contributed by atoms with van der Waals surface area (Å²) in [5, 5.41) is 2.96. The van der Waals surface area contributed by atoms with E-state index in [4.69, 9.17) is 4.74 Å². The normalized spacial score (nSPS) is 29.8. The van der Waals surface area contributed by atoms with Crippen LogP contribution in [0.15, 0.2) is 24.5 Å². The summed E-state index contributed by atoms with van der Waals surface area (Å²) < 4.78 is 6.10. The molecule has 1 aliphatic carbocycles. The van der Waals surface area contributed by atoms with Crippen LogP contribution in [0.4, 0.5) is 0 Å². The summed E-state index contributed by atoms with van der Waals surface area (Å²) in [7, 11) is 0. The number of aromatic nitrogens is 1. The summed E-state index contributed by atoms with van der Waals surface area (Å²) in [5.74, 6) is 1.37. The Hall–Kier alpha value is -1.95. The molecule has 4 rings (SSSR count). The van der Waals surface area contributed by atoms with Gasteiger partial charge in [-0.1, -0.05) is 6.92 Å². The van der Waals surface area contributed by atoms with Gasteiger partial charge in [-0.3, -0.25) is 14.6 Å². The van der Waals surface area contributed by atoms with E-state index in [0.29, 0.717) is 36.5 Å². The second-order valence-electron chi connectivity index (χ2n) is 7.86. The fourth-order valence-corrected chi connectivity index (χ4v) is 3.87. The highest BCUT2D eigenvalue weighted by atomic mass is 16.5. The Balaban J connectivity index is 1.19. The maximum Gasteiger partial charge on any atom is 0.252 e. The van der Waals surface area contributed by atoms with Crippen molar-refractivity contribution in [2.75, 3.05) is 26.2 Å². The Morgan fingerprint density at radius 3 is 2.84 bits per heavy atom. The zero-order valence-corrected chi connectivity index (χ0v) is 14.6. The lowest BCUT2D eigenvalue weighted by molar-refractivity contribution is -0.189. The van der Waals surface area contributed by atoms with Gasteiger partial charge in [0.25, 0.3) is 5.91 Å². The molecule has 3 aliphatic rings. The summed E-state index contributed by atoms with van der Waals surface area (Å²) in [6.45, 7) is 4.88. The third-order valence-electron chi connectivity index (χ3n) is 5.80. The van der Waals surface area contributed by atoms with E-state index in [1.54, 1.807) is 24.5 Å². The van der Waals surface area contributed by atoms with Crippen LogP contribution >= 0.6 is 0 Å². The molecule has 3 atom stereocenters. The van der Waals surface area contributed by atoms with Crippen molar-refractivity contribution in [2.24, 2.45) is 17.8 Å². The number of likely N-dealkylation sites (tertiary alicyclic amines) is 1. The van der Waals surface area contributed by atoms with Crippen molar-refractivity contribution in [1.29, 1.82) is 0 Å². The maximum atomic E-state index is 12.2. The average Bonchev–Trinajstić information content (AvgIpc) is 3.35. The van der Waals surface area contributed by atoms with E-state index >= 15 is 0 Å². The number of rotatable bonds is 4. The van der Waals surface area contributed by atoms with E-state index in [-0.39, 0.29) is 17.4 Å². The van der Waals surface area contributed by atoms with Crippen LogP contribution in [0.25, 0.3) is 0 Å². The van der Waals surface area contributed by atoms with Crippen molar-refractivity contribution in [3.63, 3.8) is 0 Å². The summed E-state index contributed by atoms with van der Waals surface area (Å²) in [4.78, 5) is 30.2. The number of nitrogens with zero attached hydrogens (tertiary/aromatic N) is 2. The molecule has 1 aromatic heterocycles. The molecule has 6 heteroatoms. The number of carbonyl (C=O) groups is 2. The van der Waals surface area contributed by atoms with Gasteiger partial charge in [0.1, 0.15) is 5.60 Å². The lowest BCUT2D eigenvalue weighted by Crippen LogP contribution is -2.66. The van der Waals surface area contributed by atoms with Crippen LogP contribution < -0.4 is 5.32 Å². The average molecular weight is 343 g/mol. The monoisotopic (exact) mass is 343 g/mol. The molecule has 2 saturated heterocycles. The molecule has 2 amide bonds. The molecule has 0 aromatic carbocycles. The van der Waals surface area contributed by atoms with E-state index in [9.17, 15) is 9.59 Å². The van der Waals surface area contributed by atoms with Gasteiger partial charge in [-0.05, 0) is 43.2 Å². The van der Waals surface area contributed by atoms with Crippen LogP contribution in [-0.2, 0) is 9.53 Å². The smallest absolute Gasteiger partial charge is 0.252 e. The quantitative estimate of drug-likeness (QED) is 0.899. The van der Waals surface area contributed by atoms with Crippen molar-refractivity contribution in [1.82, 2.24) is 15.2 Å². The highest BCUT2D eigenvalue weighted by Crippen LogP contribution is 2.43. The molecule has 25 heavy (non-hydrogen) atoms. The van der Waals surface area contributed by atoms with E-state index in [0.717, 1.165) is 32.4 Å². The third-order valence-corrected chi connectivity index (χ3v) is 5.80. The van der Waals surface area contributed by atoms with Crippen molar-refractivity contribution in [3.8, 4) is 0 Å². The second kappa shape index (κ2) is 6.41. The van der Waals surface area contributed by atoms with Gasteiger partial charge in [0.2, 0.25) is 5.91 Å². The van der Waals surface area contributed by atoms with Crippen LogP contribution in [0.5, 0.6) is 0 Å². The maximum absolute atomic E-state index is 12.2. The largest absolute Gasteiger partial charge is 0.371 e. The van der Waals surface area contributed by atoms with Crippen molar-refractivity contribution < 1.29 is 14.3 Å². The summed E-state index contributed by atoms with van der Waals surface area (Å²) >= 11 is 0. The van der Waals surface area contributed by atoms with Gasteiger partial charge < -0.3 is 15.0 Å². The molecular weight excluding hydrogens is 318 g/mol. The molecule has 1 spiro atoms. The van der Waals surface area contributed by atoms with Gasteiger partial charge in [-0.25, -0.2) is 0 Å². The van der Waals surface area contributed by atoms with Crippen LogP contribution in [0.3, 0.4) is 0 Å². The molecule has 1 saturated carbocycles. The topological polar surface area (TPSA) is 71.5 Å². The molecular formula is C19H25N3O3. The Bertz CT molecular complexity index is 647. The molecule has 1 N–H and O–H groups in total. The molecule has 2 aliphatic heterocycles. The number of pyridine rings is 1. The number of carbonyl (C=O) groups excluding carboxylic acids is 2. The number of nitrogens with one attached hydrogen (secondary N) is 1. The Morgan fingerprint density at radius 1 is 1.44 bits per heavy atom. The van der Waals surface area contributed by atoms with E-state index in [1.807, 2.05) is 4.90 Å². The first-order valence-corrected chi connectivity index (χ1v) is 9.17. The fraction of sp³-hybridized carbons (Fsp3) is 0.632. The van der Waals surface area contributed by atoms with Crippen LogP contribution in [-0.4, -0.2) is 53.5 Å². The van der Waals surface area contributed by atoms with Crippen LogP contribution in [0, 0.1) is 17.8 Å². The van der Waals surface area contributed by atoms with Crippen molar-refractivity contribution >= 4 is 11.8 Å². The third kappa shape index (κ3) is 3.40. The lowest BCUT2D eigenvalue weighted by atomic mass is 9.82. The van der Waals surface area contributed by atoms with E-state index in [1.165, 1.54) is 0 Å². The van der Waals surface area contributed by atoms with Gasteiger partial charge in [0.05, 0.1) is 25.3 Å². The van der Waals surface area contributed by atoms with Gasteiger partial charge >= 0.3 is 0 Å². The summed E-state index contributed by atoms with van der Waals surface area (Å²) in [5.41, 5.74) is 0.454. The van der Waals surface area contributed by atoms with Crippen LogP contribution in [0.1, 0.15) is 36.5 Å². The first kappa shape index (κ1) is 16.5. The molecule has 0 bridgehead atoms. The standard InChI is InChI=1S/C19H25N3O3/c1-13-7-16(13)18(24)22-11-19(12-22)5-4-14(10-25-19)8-21-17(23)15-3-2-6-20-9-15/h2-3,6,9,13-14,16H,4-5,7-8,10-12H2,1H3,(H,21,23)/t13-,14-,16+/m1/s1. The summed E-state index contributed by atoms with van der Waals surface area (Å²) in [6, 6.07) is 3.52. The van der Waals surface area contributed by atoms with E-state index < -0.39 is 0 Å². The Kier molecular flexibility index (Phi) is 4.23. The van der Waals surface area contributed by atoms with Gasteiger partial charge in [0.15, 0.2) is 0 Å². The molecule has 0 radical (unpaired) electrons. The zero-order chi connectivity index (χ0) is 17.4. The number of amides is 2. The lowest BCUT2D eigenvalue weighted by Gasteiger charge is -2.53. The fourth-order valence-electron chi connectivity index (χ4n) is 3.87. The predicted molar refractivity (Wildman–Crippen MR) is 91.8 cm³/mol. The van der Waals surface area contributed by atoms with E-state index in [2.05, 4.69) is 17.2 Å². The molecule has 3 fully saturated rings. The molecule has 134 valence electrons. The highest BCUT2D eigenvalue weighted by Gasteiger charge is 2.52. The minimum atomic E-state index is -0.127. The molecule has 0 unspecified atom stereocenters. The zero-order valence-electron chi connectivity index (χ0n) is 14.6. The van der Waals surface area contributed by atoms with Crippen LogP contribution in [0.2, 0.25) is 0 Å².